The summed E-state index contributed by atoms with van der Waals surface area (Å²) >= 11 is 0. The van der Waals surface area contributed by atoms with Crippen LogP contribution in [-0.4, -0.2) is 19.8 Å². The van der Waals surface area contributed by atoms with Gasteiger partial charge in [0.05, 0.1) is 11.5 Å². The Balaban J connectivity index is 2.07. The van der Waals surface area contributed by atoms with Gasteiger partial charge in [0.25, 0.3) is 0 Å². The molecule has 0 fully saturated rings. The van der Waals surface area contributed by atoms with Gasteiger partial charge in [0.2, 0.25) is 0 Å². The highest BCUT2D eigenvalue weighted by atomic mass is 32.2. The Morgan fingerprint density at radius 1 is 1.05 bits per heavy atom. The number of hydrogen-bond acceptors (Lipinski definition) is 4. The number of aliphatic hydroxyl groups is 1. The number of benzene rings is 2. The Labute approximate surface area is 119 Å². The van der Waals surface area contributed by atoms with Crippen molar-refractivity contribution in [2.75, 3.05) is 11.6 Å². The second-order valence-electron chi connectivity index (χ2n) is 4.63. The van der Waals surface area contributed by atoms with Gasteiger partial charge in [0, 0.05) is 18.5 Å². The molecule has 106 valence electrons. The highest BCUT2D eigenvalue weighted by Gasteiger charge is 2.06. The molecule has 0 radical (unpaired) electrons. The van der Waals surface area contributed by atoms with Crippen molar-refractivity contribution >= 4 is 15.5 Å². The SMILES string of the molecule is CS(=O)(=O)c1cccc(NCc2ccc(CO)cc2)c1. The zero-order valence-electron chi connectivity index (χ0n) is 11.2. The van der Waals surface area contributed by atoms with E-state index in [1.165, 1.54) is 6.26 Å². The molecule has 2 aromatic rings. The van der Waals surface area contributed by atoms with E-state index >= 15 is 0 Å². The summed E-state index contributed by atoms with van der Waals surface area (Å²) in [6.07, 6.45) is 1.19. The first-order valence-electron chi connectivity index (χ1n) is 6.22. The zero-order chi connectivity index (χ0) is 14.6. The summed E-state index contributed by atoms with van der Waals surface area (Å²) in [4.78, 5) is 0.304. The quantitative estimate of drug-likeness (QED) is 0.886. The average Bonchev–Trinajstić information content (AvgIpc) is 2.45. The summed E-state index contributed by atoms with van der Waals surface area (Å²) in [7, 11) is -3.19. The van der Waals surface area contributed by atoms with E-state index in [1.54, 1.807) is 18.2 Å². The van der Waals surface area contributed by atoms with Crippen LogP contribution in [0.15, 0.2) is 53.4 Å². The standard InChI is InChI=1S/C15H17NO3S/c1-20(18,19)15-4-2-3-14(9-15)16-10-12-5-7-13(11-17)8-6-12/h2-9,16-17H,10-11H2,1H3. The topological polar surface area (TPSA) is 66.4 Å². The van der Waals surface area contributed by atoms with E-state index in [2.05, 4.69) is 5.32 Å². The number of aliphatic hydroxyl groups excluding tert-OH is 1. The van der Waals surface area contributed by atoms with Crippen LogP contribution in [0.25, 0.3) is 0 Å². The van der Waals surface area contributed by atoms with E-state index < -0.39 is 9.84 Å². The maximum atomic E-state index is 11.5. The van der Waals surface area contributed by atoms with Gasteiger partial charge in [-0.3, -0.25) is 0 Å². The molecule has 0 aliphatic heterocycles. The Morgan fingerprint density at radius 2 is 1.70 bits per heavy atom. The van der Waals surface area contributed by atoms with Crippen LogP contribution in [0.5, 0.6) is 0 Å². The van der Waals surface area contributed by atoms with Gasteiger partial charge in [-0.05, 0) is 29.3 Å². The highest BCUT2D eigenvalue weighted by molar-refractivity contribution is 7.90. The molecular weight excluding hydrogens is 274 g/mol. The molecule has 2 aromatic carbocycles. The monoisotopic (exact) mass is 291 g/mol. The molecule has 0 saturated carbocycles. The second kappa shape index (κ2) is 6.07. The first-order valence-corrected chi connectivity index (χ1v) is 8.11. The molecule has 4 nitrogen and oxygen atoms in total. The van der Waals surface area contributed by atoms with E-state index in [4.69, 9.17) is 5.11 Å². The van der Waals surface area contributed by atoms with Gasteiger partial charge < -0.3 is 10.4 Å². The number of nitrogens with one attached hydrogen (secondary N) is 1. The van der Waals surface area contributed by atoms with E-state index in [0.717, 1.165) is 16.8 Å². The van der Waals surface area contributed by atoms with Gasteiger partial charge in [-0.15, -0.1) is 0 Å². The van der Waals surface area contributed by atoms with Gasteiger partial charge in [-0.2, -0.15) is 0 Å². The zero-order valence-corrected chi connectivity index (χ0v) is 12.0. The Bertz CT molecular complexity index is 679. The lowest BCUT2D eigenvalue weighted by Gasteiger charge is -2.08. The summed E-state index contributed by atoms with van der Waals surface area (Å²) in [5, 5.41) is 12.2. The van der Waals surface area contributed by atoms with Crippen molar-refractivity contribution in [1.29, 1.82) is 0 Å². The second-order valence-corrected chi connectivity index (χ2v) is 6.64. The smallest absolute Gasteiger partial charge is 0.175 e. The Morgan fingerprint density at radius 3 is 2.30 bits per heavy atom. The molecule has 2 N–H and O–H groups in total. The fourth-order valence-corrected chi connectivity index (χ4v) is 2.47. The minimum absolute atomic E-state index is 0.0319. The molecule has 0 unspecified atom stereocenters. The number of rotatable bonds is 5. The first kappa shape index (κ1) is 14.6. The van der Waals surface area contributed by atoms with Crippen molar-refractivity contribution in [2.45, 2.75) is 18.0 Å². The largest absolute Gasteiger partial charge is 0.392 e. The molecule has 0 saturated heterocycles. The van der Waals surface area contributed by atoms with Gasteiger partial charge in [0.15, 0.2) is 9.84 Å². The van der Waals surface area contributed by atoms with Crippen LogP contribution >= 0.6 is 0 Å². The van der Waals surface area contributed by atoms with Crippen LogP contribution in [0.1, 0.15) is 11.1 Å². The minimum Gasteiger partial charge on any atom is -0.392 e. The van der Waals surface area contributed by atoms with E-state index in [1.807, 2.05) is 30.3 Å². The normalized spacial score (nSPS) is 11.3. The van der Waals surface area contributed by atoms with Gasteiger partial charge >= 0.3 is 0 Å². The van der Waals surface area contributed by atoms with E-state index in [-0.39, 0.29) is 6.61 Å². The number of hydrogen-bond donors (Lipinski definition) is 2. The highest BCUT2D eigenvalue weighted by Crippen LogP contribution is 2.16. The molecule has 0 aliphatic carbocycles. The Hall–Kier alpha value is -1.85. The molecule has 0 amide bonds. The molecule has 0 aromatic heterocycles. The van der Waals surface area contributed by atoms with Crippen LogP contribution in [0, 0.1) is 0 Å². The lowest BCUT2D eigenvalue weighted by atomic mass is 10.1. The molecule has 2 rings (SSSR count). The third kappa shape index (κ3) is 3.82. The predicted octanol–water partition coefficient (Wildman–Crippen LogP) is 2.19. The van der Waals surface area contributed by atoms with Gasteiger partial charge in [-0.1, -0.05) is 30.3 Å². The summed E-state index contributed by atoms with van der Waals surface area (Å²) in [5.74, 6) is 0. The lowest BCUT2D eigenvalue weighted by molar-refractivity contribution is 0.282. The maximum Gasteiger partial charge on any atom is 0.175 e. The molecule has 0 spiro atoms. The predicted molar refractivity (Wildman–Crippen MR) is 79.2 cm³/mol. The van der Waals surface area contributed by atoms with Crippen LogP contribution in [-0.2, 0) is 23.0 Å². The van der Waals surface area contributed by atoms with Crippen LogP contribution < -0.4 is 5.32 Å². The van der Waals surface area contributed by atoms with E-state index in [0.29, 0.717) is 11.4 Å². The molecule has 0 aliphatic rings. The van der Waals surface area contributed by atoms with Crippen LogP contribution in [0.3, 0.4) is 0 Å². The van der Waals surface area contributed by atoms with Crippen molar-refractivity contribution in [1.82, 2.24) is 0 Å². The van der Waals surface area contributed by atoms with Crippen molar-refractivity contribution in [3.8, 4) is 0 Å². The molecule has 0 heterocycles. The van der Waals surface area contributed by atoms with Crippen LogP contribution in [0.2, 0.25) is 0 Å². The summed E-state index contributed by atoms with van der Waals surface area (Å²) in [6.45, 7) is 0.628. The molecule has 0 bridgehead atoms. The van der Waals surface area contributed by atoms with Crippen molar-refractivity contribution in [3.05, 3.63) is 59.7 Å². The van der Waals surface area contributed by atoms with Gasteiger partial charge in [0.1, 0.15) is 0 Å². The summed E-state index contributed by atoms with van der Waals surface area (Å²) < 4.78 is 23.0. The fraction of sp³-hybridized carbons (Fsp3) is 0.200. The molecule has 0 atom stereocenters. The molecule has 20 heavy (non-hydrogen) atoms. The van der Waals surface area contributed by atoms with Crippen molar-refractivity contribution in [3.63, 3.8) is 0 Å². The van der Waals surface area contributed by atoms with E-state index in [9.17, 15) is 8.42 Å². The summed E-state index contributed by atoms with van der Waals surface area (Å²) in [5.41, 5.74) is 2.69. The Kier molecular flexibility index (Phi) is 4.42. The summed E-state index contributed by atoms with van der Waals surface area (Å²) in [6, 6.07) is 14.3. The maximum absolute atomic E-state index is 11.5. The molecule has 5 heteroatoms. The minimum atomic E-state index is -3.19. The van der Waals surface area contributed by atoms with Crippen LogP contribution in [0.4, 0.5) is 5.69 Å². The first-order chi connectivity index (χ1) is 9.49. The van der Waals surface area contributed by atoms with Crippen molar-refractivity contribution < 1.29 is 13.5 Å². The third-order valence-corrected chi connectivity index (χ3v) is 4.07. The average molecular weight is 291 g/mol. The third-order valence-electron chi connectivity index (χ3n) is 2.96. The molecular formula is C15H17NO3S. The lowest BCUT2D eigenvalue weighted by Crippen LogP contribution is -2.02. The van der Waals surface area contributed by atoms with Crippen molar-refractivity contribution in [2.24, 2.45) is 0 Å². The number of sulfone groups is 1. The number of anilines is 1. The van der Waals surface area contributed by atoms with Gasteiger partial charge in [-0.25, -0.2) is 8.42 Å². The fourth-order valence-electron chi connectivity index (χ4n) is 1.80.